The zero-order valence-electron chi connectivity index (χ0n) is 14.1. The number of nitrogens with one attached hydrogen (secondary N) is 1. The van der Waals surface area contributed by atoms with E-state index >= 15 is 0 Å². The second-order valence-electron chi connectivity index (χ2n) is 7.06. The van der Waals surface area contributed by atoms with Crippen LogP contribution < -0.4 is 4.90 Å². The molecule has 1 N–H and O–H groups in total. The molecule has 25 heavy (non-hydrogen) atoms. The Morgan fingerprint density at radius 3 is 2.88 bits per heavy atom. The van der Waals surface area contributed by atoms with Gasteiger partial charge >= 0.3 is 0 Å². The number of nitrogens with zero attached hydrogens (tertiary/aromatic N) is 2. The van der Waals surface area contributed by atoms with Crippen LogP contribution in [0.25, 0.3) is 10.9 Å². The Morgan fingerprint density at radius 2 is 1.92 bits per heavy atom. The molecule has 3 heterocycles. The first-order valence-corrected chi connectivity index (χ1v) is 8.97. The van der Waals surface area contributed by atoms with Gasteiger partial charge in [-0.15, -0.1) is 0 Å². The van der Waals surface area contributed by atoms with Crippen molar-refractivity contribution in [3.63, 3.8) is 0 Å². The van der Waals surface area contributed by atoms with Gasteiger partial charge in [-0.2, -0.15) is 0 Å². The highest BCUT2D eigenvalue weighted by Crippen LogP contribution is 2.34. The number of benzene rings is 2. The SMILES string of the molecule is O=C(Cc1c[nH]c2ccccc12)N1CCN2c3ccccc3CC2C1. The number of piperazine rings is 1. The zero-order valence-corrected chi connectivity index (χ0v) is 14.1. The molecule has 0 spiro atoms. The van der Waals surface area contributed by atoms with Gasteiger partial charge in [-0.1, -0.05) is 36.4 Å². The molecule has 3 aromatic rings. The number of amides is 1. The molecule has 4 heteroatoms. The Labute approximate surface area is 147 Å². The highest BCUT2D eigenvalue weighted by molar-refractivity contribution is 5.89. The van der Waals surface area contributed by atoms with E-state index in [2.05, 4.69) is 51.2 Å². The lowest BCUT2D eigenvalue weighted by atomic mass is 10.1. The Bertz CT molecular complexity index is 945. The smallest absolute Gasteiger partial charge is 0.227 e. The highest BCUT2D eigenvalue weighted by atomic mass is 16.2. The molecular weight excluding hydrogens is 310 g/mol. The van der Waals surface area contributed by atoms with Gasteiger partial charge in [0.25, 0.3) is 0 Å². The van der Waals surface area contributed by atoms with E-state index in [1.165, 1.54) is 11.3 Å². The van der Waals surface area contributed by atoms with Crippen LogP contribution in [0, 0.1) is 0 Å². The van der Waals surface area contributed by atoms with E-state index < -0.39 is 0 Å². The van der Waals surface area contributed by atoms with E-state index in [0.717, 1.165) is 42.5 Å². The molecule has 1 amide bonds. The Kier molecular flexibility index (Phi) is 3.30. The van der Waals surface area contributed by atoms with Crippen molar-refractivity contribution in [1.29, 1.82) is 0 Å². The summed E-state index contributed by atoms with van der Waals surface area (Å²) in [6, 6.07) is 17.2. The van der Waals surface area contributed by atoms with E-state index in [1.54, 1.807) is 0 Å². The quantitative estimate of drug-likeness (QED) is 0.784. The van der Waals surface area contributed by atoms with Crippen molar-refractivity contribution < 1.29 is 4.79 Å². The summed E-state index contributed by atoms with van der Waals surface area (Å²) >= 11 is 0. The van der Waals surface area contributed by atoms with Crippen LogP contribution in [0.15, 0.2) is 54.7 Å². The van der Waals surface area contributed by atoms with Crippen molar-refractivity contribution in [3.8, 4) is 0 Å². The van der Waals surface area contributed by atoms with Crippen LogP contribution in [0.4, 0.5) is 5.69 Å². The van der Waals surface area contributed by atoms with Crippen molar-refractivity contribution in [1.82, 2.24) is 9.88 Å². The topological polar surface area (TPSA) is 39.3 Å². The van der Waals surface area contributed by atoms with E-state index in [-0.39, 0.29) is 5.91 Å². The number of H-pyrrole nitrogens is 1. The second kappa shape index (κ2) is 5.66. The minimum Gasteiger partial charge on any atom is -0.364 e. The number of carbonyl (C=O) groups is 1. The summed E-state index contributed by atoms with van der Waals surface area (Å²) in [6.07, 6.45) is 3.50. The van der Waals surface area contributed by atoms with Crippen LogP contribution >= 0.6 is 0 Å². The van der Waals surface area contributed by atoms with E-state index in [0.29, 0.717) is 12.5 Å². The number of fused-ring (bicyclic) bond motifs is 4. The minimum absolute atomic E-state index is 0.236. The number of anilines is 1. The number of hydrogen-bond donors (Lipinski definition) is 1. The molecule has 0 radical (unpaired) electrons. The molecule has 126 valence electrons. The van der Waals surface area contributed by atoms with Gasteiger partial charge in [0.1, 0.15) is 0 Å². The molecule has 1 aromatic heterocycles. The van der Waals surface area contributed by atoms with Gasteiger partial charge in [0, 0.05) is 42.4 Å². The molecule has 1 atom stereocenters. The zero-order chi connectivity index (χ0) is 16.8. The van der Waals surface area contributed by atoms with Crippen LogP contribution in [-0.4, -0.2) is 41.5 Å². The number of aromatic nitrogens is 1. The fraction of sp³-hybridized carbons (Fsp3) is 0.286. The number of rotatable bonds is 2. The Balaban J connectivity index is 1.32. The van der Waals surface area contributed by atoms with Crippen LogP contribution in [0.5, 0.6) is 0 Å². The molecule has 4 nitrogen and oxygen atoms in total. The first-order valence-electron chi connectivity index (χ1n) is 8.97. The molecule has 1 saturated heterocycles. The third kappa shape index (κ3) is 2.40. The van der Waals surface area contributed by atoms with Crippen molar-refractivity contribution >= 4 is 22.5 Å². The second-order valence-corrected chi connectivity index (χ2v) is 7.06. The summed E-state index contributed by atoms with van der Waals surface area (Å²) in [5, 5.41) is 1.16. The predicted molar refractivity (Wildman–Crippen MR) is 99.9 cm³/mol. The molecule has 2 aliphatic heterocycles. The van der Waals surface area contributed by atoms with Crippen LogP contribution in [0.2, 0.25) is 0 Å². The molecule has 2 aliphatic rings. The van der Waals surface area contributed by atoms with Crippen molar-refractivity contribution in [2.75, 3.05) is 24.5 Å². The van der Waals surface area contributed by atoms with E-state index in [4.69, 9.17) is 0 Å². The Hall–Kier alpha value is -2.75. The van der Waals surface area contributed by atoms with Gasteiger partial charge in [0.2, 0.25) is 5.91 Å². The maximum absolute atomic E-state index is 12.9. The minimum atomic E-state index is 0.236. The molecular formula is C21H21N3O. The predicted octanol–water partition coefficient (Wildman–Crippen LogP) is 2.98. The number of carbonyl (C=O) groups excluding carboxylic acids is 1. The molecule has 0 bridgehead atoms. The molecule has 0 aliphatic carbocycles. The lowest BCUT2D eigenvalue weighted by Gasteiger charge is -2.39. The molecule has 5 rings (SSSR count). The standard InChI is InChI=1S/C21H21N3O/c25-21(12-16-13-22-19-7-3-2-6-18(16)19)23-9-10-24-17(14-23)11-15-5-1-4-8-20(15)24/h1-8,13,17,22H,9-12,14H2. The normalized spacial score (nSPS) is 19.1. The van der Waals surface area contributed by atoms with Crippen molar-refractivity contribution in [2.45, 2.75) is 18.9 Å². The molecule has 1 unspecified atom stereocenters. The number of hydrogen-bond acceptors (Lipinski definition) is 2. The summed E-state index contributed by atoms with van der Waals surface area (Å²) in [4.78, 5) is 20.7. The summed E-state index contributed by atoms with van der Waals surface area (Å²) in [7, 11) is 0. The average molecular weight is 331 g/mol. The van der Waals surface area contributed by atoms with E-state index in [1.807, 2.05) is 18.3 Å². The monoisotopic (exact) mass is 331 g/mol. The Morgan fingerprint density at radius 1 is 1.08 bits per heavy atom. The van der Waals surface area contributed by atoms with Crippen LogP contribution in [0.1, 0.15) is 11.1 Å². The van der Waals surface area contributed by atoms with Crippen molar-refractivity contribution in [3.05, 3.63) is 65.9 Å². The lowest BCUT2D eigenvalue weighted by molar-refractivity contribution is -0.131. The largest absolute Gasteiger partial charge is 0.364 e. The first-order chi connectivity index (χ1) is 12.3. The maximum Gasteiger partial charge on any atom is 0.227 e. The van der Waals surface area contributed by atoms with Crippen LogP contribution in [-0.2, 0) is 17.6 Å². The van der Waals surface area contributed by atoms with Gasteiger partial charge in [-0.3, -0.25) is 4.79 Å². The fourth-order valence-corrected chi connectivity index (χ4v) is 4.34. The fourth-order valence-electron chi connectivity index (χ4n) is 4.34. The third-order valence-electron chi connectivity index (χ3n) is 5.61. The first kappa shape index (κ1) is 14.6. The summed E-state index contributed by atoms with van der Waals surface area (Å²) in [5.74, 6) is 0.236. The van der Waals surface area contributed by atoms with Gasteiger partial charge < -0.3 is 14.8 Å². The molecule has 0 saturated carbocycles. The van der Waals surface area contributed by atoms with Crippen molar-refractivity contribution in [2.24, 2.45) is 0 Å². The average Bonchev–Trinajstić information content (AvgIpc) is 3.22. The lowest BCUT2D eigenvalue weighted by Crippen LogP contribution is -2.53. The number of para-hydroxylation sites is 2. The molecule has 1 fully saturated rings. The van der Waals surface area contributed by atoms with Gasteiger partial charge in [0.15, 0.2) is 0 Å². The summed E-state index contributed by atoms with van der Waals surface area (Å²) in [5.41, 5.74) is 4.97. The highest BCUT2D eigenvalue weighted by Gasteiger charge is 2.35. The number of aromatic amines is 1. The summed E-state index contributed by atoms with van der Waals surface area (Å²) < 4.78 is 0. The summed E-state index contributed by atoms with van der Waals surface area (Å²) in [6.45, 7) is 2.57. The van der Waals surface area contributed by atoms with Crippen LogP contribution in [0.3, 0.4) is 0 Å². The van der Waals surface area contributed by atoms with Gasteiger partial charge in [-0.05, 0) is 29.7 Å². The maximum atomic E-state index is 12.9. The van der Waals surface area contributed by atoms with Gasteiger partial charge in [0.05, 0.1) is 12.5 Å². The van der Waals surface area contributed by atoms with Gasteiger partial charge in [-0.25, -0.2) is 0 Å². The molecule has 2 aromatic carbocycles. The van der Waals surface area contributed by atoms with E-state index in [9.17, 15) is 4.79 Å². The third-order valence-corrected chi connectivity index (χ3v) is 5.61.